The number of carboxylic acid groups (broad SMARTS) is 1. The Labute approximate surface area is 155 Å². The molecule has 3 rings (SSSR count). The summed E-state index contributed by atoms with van der Waals surface area (Å²) in [5.41, 5.74) is 1.35. The Kier molecular flexibility index (Phi) is 5.56. The van der Waals surface area contributed by atoms with Crippen LogP contribution < -0.4 is 9.47 Å². The van der Waals surface area contributed by atoms with Crippen molar-refractivity contribution in [2.24, 2.45) is 0 Å². The zero-order valence-electron chi connectivity index (χ0n) is 14.7. The van der Waals surface area contributed by atoms with E-state index in [1.54, 1.807) is 49.6 Å². The minimum absolute atomic E-state index is 0.0571. The fourth-order valence-electron chi connectivity index (χ4n) is 2.50. The van der Waals surface area contributed by atoms with E-state index < -0.39 is 5.97 Å². The van der Waals surface area contributed by atoms with Crippen LogP contribution in [0.4, 0.5) is 0 Å². The van der Waals surface area contributed by atoms with Gasteiger partial charge in [0.05, 0.1) is 20.1 Å². The van der Waals surface area contributed by atoms with Crippen LogP contribution in [0.25, 0.3) is 17.0 Å². The maximum atomic E-state index is 12.4. The summed E-state index contributed by atoms with van der Waals surface area (Å²) in [4.78, 5) is 22.8. The van der Waals surface area contributed by atoms with E-state index in [2.05, 4.69) is 0 Å². The molecule has 0 saturated heterocycles. The Hall–Kier alpha value is -3.54. The van der Waals surface area contributed by atoms with Crippen LogP contribution in [0, 0.1) is 0 Å². The Morgan fingerprint density at radius 1 is 1.15 bits per heavy atom. The van der Waals surface area contributed by atoms with E-state index in [0.29, 0.717) is 17.1 Å². The standard InChI is InChI=1S/C21H18O6/c1-25-18-4-2-3-15-13-19(27-21(15)18)17(22)10-7-14-5-8-16(9-6-14)26-12-11-20(23)24/h2-10,13H,11-12H2,1H3,(H,23,24)/b10-7+. The highest BCUT2D eigenvalue weighted by atomic mass is 16.5. The molecule has 0 atom stereocenters. The van der Waals surface area contributed by atoms with Crippen molar-refractivity contribution in [1.82, 2.24) is 0 Å². The topological polar surface area (TPSA) is 86.0 Å². The molecule has 0 unspecified atom stereocenters. The molecule has 0 bridgehead atoms. The Bertz CT molecular complexity index is 982. The lowest BCUT2D eigenvalue weighted by Gasteiger charge is -2.04. The van der Waals surface area contributed by atoms with Crippen molar-refractivity contribution >= 4 is 28.8 Å². The molecule has 0 radical (unpaired) electrons. The van der Waals surface area contributed by atoms with Crippen molar-refractivity contribution < 1.29 is 28.6 Å². The maximum Gasteiger partial charge on any atom is 0.306 e. The average Bonchev–Trinajstić information content (AvgIpc) is 3.11. The highest BCUT2D eigenvalue weighted by Gasteiger charge is 2.12. The fraction of sp³-hybridized carbons (Fsp3) is 0.143. The van der Waals surface area contributed by atoms with Gasteiger partial charge in [-0.15, -0.1) is 0 Å². The Morgan fingerprint density at radius 3 is 2.63 bits per heavy atom. The molecular weight excluding hydrogens is 348 g/mol. The number of carbonyl (C=O) groups is 2. The average molecular weight is 366 g/mol. The monoisotopic (exact) mass is 366 g/mol. The molecule has 1 heterocycles. The van der Waals surface area contributed by atoms with Gasteiger partial charge in [-0.25, -0.2) is 0 Å². The van der Waals surface area contributed by atoms with Gasteiger partial charge in [0.25, 0.3) is 0 Å². The number of ketones is 1. The van der Waals surface area contributed by atoms with Gasteiger partial charge in [-0.2, -0.15) is 0 Å². The largest absolute Gasteiger partial charge is 0.493 e. The molecule has 6 heteroatoms. The zero-order valence-corrected chi connectivity index (χ0v) is 14.7. The van der Waals surface area contributed by atoms with E-state index >= 15 is 0 Å². The highest BCUT2D eigenvalue weighted by Crippen LogP contribution is 2.28. The number of allylic oxidation sites excluding steroid dienone is 1. The van der Waals surface area contributed by atoms with Gasteiger partial charge in [0.2, 0.25) is 5.78 Å². The van der Waals surface area contributed by atoms with Crippen molar-refractivity contribution in [3.63, 3.8) is 0 Å². The molecule has 1 N–H and O–H groups in total. The Balaban J connectivity index is 1.67. The van der Waals surface area contributed by atoms with Gasteiger partial charge in [-0.1, -0.05) is 30.3 Å². The van der Waals surface area contributed by atoms with Gasteiger partial charge in [0, 0.05) is 5.39 Å². The van der Waals surface area contributed by atoms with Crippen LogP contribution in [-0.2, 0) is 4.79 Å². The molecule has 0 aliphatic heterocycles. The first kappa shape index (κ1) is 18.3. The third-order valence-electron chi connectivity index (χ3n) is 3.86. The molecule has 0 fully saturated rings. The van der Waals surface area contributed by atoms with Crippen molar-refractivity contribution in [3.8, 4) is 11.5 Å². The summed E-state index contributed by atoms with van der Waals surface area (Å²) >= 11 is 0. The van der Waals surface area contributed by atoms with Gasteiger partial charge in [0.15, 0.2) is 17.1 Å². The maximum absolute atomic E-state index is 12.4. The highest BCUT2D eigenvalue weighted by molar-refractivity contribution is 6.07. The molecular formula is C21H18O6. The number of ether oxygens (including phenoxy) is 2. The van der Waals surface area contributed by atoms with E-state index in [-0.39, 0.29) is 24.6 Å². The van der Waals surface area contributed by atoms with Crippen LogP contribution in [0.2, 0.25) is 0 Å². The summed E-state index contributed by atoms with van der Waals surface area (Å²) in [6.45, 7) is 0.110. The fourth-order valence-corrected chi connectivity index (χ4v) is 2.50. The lowest BCUT2D eigenvalue weighted by Crippen LogP contribution is -2.04. The van der Waals surface area contributed by atoms with E-state index in [0.717, 1.165) is 10.9 Å². The SMILES string of the molecule is COc1cccc2cc(C(=O)/C=C/c3ccc(OCCC(=O)O)cc3)oc12. The number of carbonyl (C=O) groups excluding carboxylic acids is 1. The van der Waals surface area contributed by atoms with Gasteiger partial charge < -0.3 is 19.0 Å². The molecule has 6 nitrogen and oxygen atoms in total. The number of hydrogen-bond donors (Lipinski definition) is 1. The second-order valence-electron chi connectivity index (χ2n) is 5.75. The molecule has 27 heavy (non-hydrogen) atoms. The molecule has 0 aliphatic carbocycles. The van der Waals surface area contributed by atoms with E-state index in [1.165, 1.54) is 6.08 Å². The van der Waals surface area contributed by atoms with Crippen LogP contribution >= 0.6 is 0 Å². The third-order valence-corrected chi connectivity index (χ3v) is 3.86. The summed E-state index contributed by atoms with van der Waals surface area (Å²) in [7, 11) is 1.55. The van der Waals surface area contributed by atoms with E-state index in [1.807, 2.05) is 12.1 Å². The van der Waals surface area contributed by atoms with Crippen molar-refractivity contribution in [3.05, 3.63) is 65.9 Å². The van der Waals surface area contributed by atoms with Gasteiger partial charge in [0.1, 0.15) is 5.75 Å². The summed E-state index contributed by atoms with van der Waals surface area (Å²) in [6.07, 6.45) is 3.05. The first-order chi connectivity index (χ1) is 13.1. The van der Waals surface area contributed by atoms with Crippen molar-refractivity contribution in [1.29, 1.82) is 0 Å². The number of carboxylic acids is 1. The summed E-state index contributed by atoms with van der Waals surface area (Å²) in [5, 5.41) is 9.39. The normalized spacial score (nSPS) is 11.0. The van der Waals surface area contributed by atoms with Crippen LogP contribution in [-0.4, -0.2) is 30.6 Å². The number of hydrogen-bond acceptors (Lipinski definition) is 5. The first-order valence-corrected chi connectivity index (χ1v) is 8.30. The number of fused-ring (bicyclic) bond motifs is 1. The number of methoxy groups -OCH3 is 1. The zero-order chi connectivity index (χ0) is 19.2. The molecule has 138 valence electrons. The quantitative estimate of drug-likeness (QED) is 0.475. The van der Waals surface area contributed by atoms with Gasteiger partial charge in [-0.3, -0.25) is 9.59 Å². The number of furan rings is 1. The number of benzene rings is 2. The number of para-hydroxylation sites is 1. The lowest BCUT2D eigenvalue weighted by molar-refractivity contribution is -0.137. The van der Waals surface area contributed by atoms with Crippen LogP contribution in [0.1, 0.15) is 22.5 Å². The summed E-state index contributed by atoms with van der Waals surface area (Å²) in [5.74, 6) is 0.226. The molecule has 0 spiro atoms. The summed E-state index contributed by atoms with van der Waals surface area (Å²) in [6, 6.07) is 14.1. The van der Waals surface area contributed by atoms with Gasteiger partial charge >= 0.3 is 5.97 Å². The third kappa shape index (κ3) is 4.55. The number of rotatable bonds is 8. The molecule has 0 aliphatic rings. The number of aliphatic carboxylic acids is 1. The second-order valence-corrected chi connectivity index (χ2v) is 5.75. The predicted molar refractivity (Wildman–Crippen MR) is 100 cm³/mol. The molecule has 0 saturated carbocycles. The predicted octanol–water partition coefficient (Wildman–Crippen LogP) is 4.19. The van der Waals surface area contributed by atoms with Crippen molar-refractivity contribution in [2.75, 3.05) is 13.7 Å². The minimum Gasteiger partial charge on any atom is -0.493 e. The van der Waals surface area contributed by atoms with Crippen molar-refractivity contribution in [2.45, 2.75) is 6.42 Å². The molecule has 2 aromatic carbocycles. The summed E-state index contributed by atoms with van der Waals surface area (Å²) < 4.78 is 16.2. The Morgan fingerprint density at radius 2 is 1.93 bits per heavy atom. The van der Waals surface area contributed by atoms with Crippen LogP contribution in [0.15, 0.2) is 59.0 Å². The van der Waals surface area contributed by atoms with Crippen LogP contribution in [0.3, 0.4) is 0 Å². The molecule has 0 amide bonds. The smallest absolute Gasteiger partial charge is 0.306 e. The lowest BCUT2D eigenvalue weighted by atomic mass is 10.1. The van der Waals surface area contributed by atoms with Gasteiger partial charge in [-0.05, 0) is 35.9 Å². The second kappa shape index (κ2) is 8.23. The van der Waals surface area contributed by atoms with Crippen LogP contribution in [0.5, 0.6) is 11.5 Å². The molecule has 1 aromatic heterocycles. The van der Waals surface area contributed by atoms with E-state index in [4.69, 9.17) is 19.0 Å². The first-order valence-electron chi connectivity index (χ1n) is 8.30. The molecule has 3 aromatic rings. The minimum atomic E-state index is -0.906. The van der Waals surface area contributed by atoms with E-state index in [9.17, 15) is 9.59 Å².